The van der Waals surface area contributed by atoms with Crippen molar-refractivity contribution in [2.45, 2.75) is 77.4 Å². The molecule has 0 radical (unpaired) electrons. The van der Waals surface area contributed by atoms with E-state index in [4.69, 9.17) is 13.9 Å². The zero-order valence-corrected chi connectivity index (χ0v) is 17.1. The zero-order valence-electron chi connectivity index (χ0n) is 16.1. The van der Waals surface area contributed by atoms with E-state index in [-0.39, 0.29) is 11.1 Å². The lowest BCUT2D eigenvalue weighted by Gasteiger charge is -2.36. The Hall–Kier alpha value is -0.723. The number of hydrogen-bond donors (Lipinski definition) is 1. The Morgan fingerprint density at radius 3 is 2.29 bits per heavy atom. The smallest absolute Gasteiger partial charge is 0.192 e. The first-order valence-corrected chi connectivity index (χ1v) is 11.5. The Balaban J connectivity index is 1.96. The van der Waals surface area contributed by atoms with Crippen LogP contribution in [0.5, 0.6) is 0 Å². The average molecular weight is 353 g/mol. The van der Waals surface area contributed by atoms with Crippen molar-refractivity contribution in [3.63, 3.8) is 0 Å². The second-order valence-corrected chi connectivity index (χ2v) is 13.4. The van der Waals surface area contributed by atoms with Crippen molar-refractivity contribution < 1.29 is 19.0 Å². The normalized spacial score (nSPS) is 22.6. The predicted octanol–water partition coefficient (Wildman–Crippen LogP) is 4.39. The maximum absolute atomic E-state index is 10.5. The van der Waals surface area contributed by atoms with E-state index < -0.39 is 20.2 Å². The van der Waals surface area contributed by atoms with E-state index in [9.17, 15) is 5.11 Å². The molecule has 4 nitrogen and oxygen atoms in total. The standard InChI is InChI=1S/C19H32O4Si/c1-18(2,3)24(6,7)22-12-14-8-10-15(11-9-14)17(20)16-13-21-19(4,5)23-16/h8-11,16-17,20H,12-13H2,1-7H3/t16-,17-/m1/s1. The molecule has 1 N–H and O–H groups in total. The van der Waals surface area contributed by atoms with Crippen LogP contribution in [-0.4, -0.2) is 31.9 Å². The molecule has 5 heteroatoms. The highest BCUT2D eigenvalue weighted by atomic mass is 28.4. The Morgan fingerprint density at radius 1 is 1.25 bits per heavy atom. The van der Waals surface area contributed by atoms with Gasteiger partial charge in [-0.15, -0.1) is 0 Å². The van der Waals surface area contributed by atoms with Crippen LogP contribution in [0.15, 0.2) is 24.3 Å². The molecule has 1 aliphatic heterocycles. The summed E-state index contributed by atoms with van der Waals surface area (Å²) in [4.78, 5) is 0. The third-order valence-electron chi connectivity index (χ3n) is 5.11. The van der Waals surface area contributed by atoms with Gasteiger partial charge in [0.2, 0.25) is 0 Å². The highest BCUT2D eigenvalue weighted by Gasteiger charge is 2.38. The molecular formula is C19H32O4Si. The fourth-order valence-corrected chi connectivity index (χ4v) is 3.34. The second kappa shape index (κ2) is 6.88. The highest BCUT2D eigenvalue weighted by molar-refractivity contribution is 6.74. The van der Waals surface area contributed by atoms with E-state index in [1.165, 1.54) is 0 Å². The van der Waals surface area contributed by atoms with Crippen LogP contribution in [0.1, 0.15) is 51.8 Å². The molecule has 0 spiro atoms. The quantitative estimate of drug-likeness (QED) is 0.798. The largest absolute Gasteiger partial charge is 0.413 e. The van der Waals surface area contributed by atoms with E-state index >= 15 is 0 Å². The zero-order chi connectivity index (χ0) is 18.2. The van der Waals surface area contributed by atoms with Crippen LogP contribution in [0, 0.1) is 0 Å². The number of aliphatic hydroxyl groups is 1. The summed E-state index contributed by atoms with van der Waals surface area (Å²) in [7, 11) is -1.75. The van der Waals surface area contributed by atoms with Crippen LogP contribution in [0.4, 0.5) is 0 Å². The first-order chi connectivity index (χ1) is 10.9. The van der Waals surface area contributed by atoms with Crippen LogP contribution in [0.25, 0.3) is 0 Å². The van der Waals surface area contributed by atoms with Crippen molar-refractivity contribution in [3.05, 3.63) is 35.4 Å². The van der Waals surface area contributed by atoms with Crippen molar-refractivity contribution in [1.29, 1.82) is 0 Å². The summed E-state index contributed by atoms with van der Waals surface area (Å²) in [5.74, 6) is -0.622. The van der Waals surface area contributed by atoms with Crippen LogP contribution >= 0.6 is 0 Å². The minimum absolute atomic E-state index is 0.204. The fourth-order valence-electron chi connectivity index (χ4n) is 2.38. The second-order valence-electron chi connectivity index (χ2n) is 8.60. The van der Waals surface area contributed by atoms with Gasteiger partial charge in [0.25, 0.3) is 0 Å². The molecule has 1 aromatic carbocycles. The summed E-state index contributed by atoms with van der Waals surface area (Å²) < 4.78 is 17.5. The molecule has 0 saturated carbocycles. The van der Waals surface area contributed by atoms with Crippen LogP contribution < -0.4 is 0 Å². The van der Waals surface area contributed by atoms with E-state index in [0.29, 0.717) is 13.2 Å². The van der Waals surface area contributed by atoms with Crippen molar-refractivity contribution in [3.8, 4) is 0 Å². The van der Waals surface area contributed by atoms with Gasteiger partial charge in [0.15, 0.2) is 14.1 Å². The molecule has 0 amide bonds. The third-order valence-corrected chi connectivity index (χ3v) is 9.59. The summed E-state index contributed by atoms with van der Waals surface area (Å²) in [6, 6.07) is 7.94. The van der Waals surface area contributed by atoms with Crippen LogP contribution in [-0.2, 0) is 20.5 Å². The molecule has 0 aliphatic carbocycles. The minimum Gasteiger partial charge on any atom is -0.413 e. The third kappa shape index (κ3) is 4.67. The molecule has 0 bridgehead atoms. The van der Waals surface area contributed by atoms with Crippen molar-refractivity contribution >= 4 is 8.32 Å². The lowest BCUT2D eigenvalue weighted by molar-refractivity contribution is -0.151. The van der Waals surface area contributed by atoms with Crippen molar-refractivity contribution in [1.82, 2.24) is 0 Å². The molecule has 0 aromatic heterocycles. The molecule has 1 aliphatic rings. The van der Waals surface area contributed by atoms with Crippen LogP contribution in [0.3, 0.4) is 0 Å². The molecule has 24 heavy (non-hydrogen) atoms. The number of hydrogen-bond acceptors (Lipinski definition) is 4. The van der Waals surface area contributed by atoms with Gasteiger partial charge in [-0.3, -0.25) is 0 Å². The van der Waals surface area contributed by atoms with Gasteiger partial charge in [-0.05, 0) is 43.1 Å². The molecule has 1 aromatic rings. The topological polar surface area (TPSA) is 47.9 Å². The summed E-state index contributed by atoms with van der Waals surface area (Å²) in [5.41, 5.74) is 1.97. The lowest BCUT2D eigenvalue weighted by atomic mass is 10.0. The van der Waals surface area contributed by atoms with Gasteiger partial charge < -0.3 is 19.0 Å². The van der Waals surface area contributed by atoms with E-state index in [1.807, 2.05) is 38.1 Å². The first kappa shape index (κ1) is 19.6. The van der Waals surface area contributed by atoms with Gasteiger partial charge in [-0.25, -0.2) is 0 Å². The van der Waals surface area contributed by atoms with E-state index in [2.05, 4.69) is 33.9 Å². The monoisotopic (exact) mass is 352 g/mol. The maximum Gasteiger partial charge on any atom is 0.192 e. The molecule has 1 saturated heterocycles. The van der Waals surface area contributed by atoms with Gasteiger partial charge in [0, 0.05) is 0 Å². The Kier molecular flexibility index (Phi) is 5.62. The molecule has 0 unspecified atom stereocenters. The van der Waals surface area contributed by atoms with Gasteiger partial charge in [0.05, 0.1) is 13.2 Å². The SMILES string of the molecule is CC1(C)OC[C@H]([C@H](O)c2ccc(CO[Si](C)(C)C(C)(C)C)cc2)O1. The fraction of sp³-hybridized carbons (Fsp3) is 0.684. The minimum atomic E-state index is -1.75. The molecule has 2 rings (SSSR count). The Labute approximate surface area is 147 Å². The van der Waals surface area contributed by atoms with E-state index in [0.717, 1.165) is 11.1 Å². The van der Waals surface area contributed by atoms with Crippen molar-refractivity contribution in [2.75, 3.05) is 6.61 Å². The summed E-state index contributed by atoms with van der Waals surface area (Å²) in [6.45, 7) is 16.0. The Morgan fingerprint density at radius 2 is 1.83 bits per heavy atom. The number of aliphatic hydroxyl groups excluding tert-OH is 1. The molecule has 1 heterocycles. The van der Waals surface area contributed by atoms with Gasteiger partial charge in [-0.2, -0.15) is 0 Å². The molecular weight excluding hydrogens is 320 g/mol. The van der Waals surface area contributed by atoms with Gasteiger partial charge >= 0.3 is 0 Å². The lowest BCUT2D eigenvalue weighted by Crippen LogP contribution is -2.40. The highest BCUT2D eigenvalue weighted by Crippen LogP contribution is 2.37. The van der Waals surface area contributed by atoms with E-state index in [1.54, 1.807) is 0 Å². The summed E-state index contributed by atoms with van der Waals surface area (Å²) in [5, 5.41) is 10.7. The molecule has 136 valence electrons. The first-order valence-electron chi connectivity index (χ1n) is 8.64. The summed E-state index contributed by atoms with van der Waals surface area (Å²) >= 11 is 0. The van der Waals surface area contributed by atoms with Gasteiger partial charge in [-0.1, -0.05) is 45.0 Å². The van der Waals surface area contributed by atoms with Gasteiger partial charge in [0.1, 0.15) is 12.2 Å². The molecule has 2 atom stereocenters. The van der Waals surface area contributed by atoms with Crippen molar-refractivity contribution in [2.24, 2.45) is 0 Å². The Bertz CT molecular complexity index is 545. The number of rotatable bonds is 5. The van der Waals surface area contributed by atoms with Crippen LogP contribution in [0.2, 0.25) is 18.1 Å². The average Bonchev–Trinajstić information content (AvgIpc) is 2.84. The predicted molar refractivity (Wildman–Crippen MR) is 98.3 cm³/mol. The molecule has 1 fully saturated rings. The summed E-state index contributed by atoms with van der Waals surface area (Å²) in [6.07, 6.45) is -1.00. The number of benzene rings is 1. The number of ether oxygens (including phenoxy) is 2. The maximum atomic E-state index is 10.5.